The molecule has 164 valence electrons. The fourth-order valence-electron chi connectivity index (χ4n) is 4.19. The first-order chi connectivity index (χ1) is 14.4. The molecule has 6 nitrogen and oxygen atoms in total. The lowest BCUT2D eigenvalue weighted by molar-refractivity contribution is -0.148. The molecule has 1 unspecified atom stereocenters. The number of hydrogen-bond acceptors (Lipinski definition) is 4. The molecule has 2 heterocycles. The van der Waals surface area contributed by atoms with Gasteiger partial charge in [-0.2, -0.15) is 0 Å². The zero-order valence-electron chi connectivity index (χ0n) is 17.3. The molecule has 0 spiro atoms. The van der Waals surface area contributed by atoms with E-state index in [0.29, 0.717) is 29.7 Å². The summed E-state index contributed by atoms with van der Waals surface area (Å²) in [6, 6.07) is 4.94. The lowest BCUT2D eigenvalue weighted by atomic mass is 10.1. The number of benzene rings is 1. The van der Waals surface area contributed by atoms with Crippen LogP contribution >= 0.6 is 23.2 Å². The summed E-state index contributed by atoms with van der Waals surface area (Å²) >= 11 is 11.9. The molecular formula is C22H29Cl2N3O3. The molecule has 2 aliphatic heterocycles. The number of piperazine rings is 1. The van der Waals surface area contributed by atoms with Gasteiger partial charge in [-0.25, -0.2) is 0 Å². The van der Waals surface area contributed by atoms with Crippen LogP contribution in [0.15, 0.2) is 24.3 Å². The SMILES string of the molecule is CC1C(=O)N(CCCN2CCC[C@H]2CO)CCN1C(=O)/C=C/c1ccc(Cl)c(Cl)c1. The van der Waals surface area contributed by atoms with Crippen LogP contribution in [0.4, 0.5) is 0 Å². The maximum atomic E-state index is 12.8. The first kappa shape index (κ1) is 23.1. The molecule has 2 amide bonds. The molecule has 2 saturated heterocycles. The zero-order chi connectivity index (χ0) is 21.7. The van der Waals surface area contributed by atoms with Gasteiger partial charge in [-0.15, -0.1) is 0 Å². The smallest absolute Gasteiger partial charge is 0.247 e. The third kappa shape index (κ3) is 5.55. The lowest BCUT2D eigenvalue weighted by Gasteiger charge is -2.39. The van der Waals surface area contributed by atoms with Crippen LogP contribution in [0.5, 0.6) is 0 Å². The second kappa shape index (κ2) is 10.6. The van der Waals surface area contributed by atoms with Crippen LogP contribution in [0.25, 0.3) is 6.08 Å². The molecule has 1 aromatic rings. The number of aliphatic hydroxyl groups excluding tert-OH is 1. The van der Waals surface area contributed by atoms with E-state index in [4.69, 9.17) is 23.2 Å². The van der Waals surface area contributed by atoms with Crippen molar-refractivity contribution in [3.05, 3.63) is 39.9 Å². The highest BCUT2D eigenvalue weighted by atomic mass is 35.5. The number of carbonyl (C=O) groups is 2. The van der Waals surface area contributed by atoms with Crippen molar-refractivity contribution in [1.82, 2.24) is 14.7 Å². The Labute approximate surface area is 188 Å². The predicted molar refractivity (Wildman–Crippen MR) is 120 cm³/mol. The highest BCUT2D eigenvalue weighted by Crippen LogP contribution is 2.23. The van der Waals surface area contributed by atoms with E-state index < -0.39 is 6.04 Å². The second-order valence-corrected chi connectivity index (χ2v) is 8.72. The third-order valence-corrected chi connectivity index (χ3v) is 6.71. The molecule has 1 N–H and O–H groups in total. The summed E-state index contributed by atoms with van der Waals surface area (Å²) in [7, 11) is 0. The first-order valence-electron chi connectivity index (χ1n) is 10.5. The molecule has 0 aromatic heterocycles. The Morgan fingerprint density at radius 2 is 2.00 bits per heavy atom. The van der Waals surface area contributed by atoms with Gasteiger partial charge >= 0.3 is 0 Å². The Morgan fingerprint density at radius 3 is 2.73 bits per heavy atom. The maximum Gasteiger partial charge on any atom is 0.247 e. The zero-order valence-corrected chi connectivity index (χ0v) is 18.8. The van der Waals surface area contributed by atoms with Gasteiger partial charge < -0.3 is 14.9 Å². The molecule has 2 atom stereocenters. The molecule has 0 aliphatic carbocycles. The molecule has 30 heavy (non-hydrogen) atoms. The summed E-state index contributed by atoms with van der Waals surface area (Å²) in [4.78, 5) is 31.2. The summed E-state index contributed by atoms with van der Waals surface area (Å²) in [6.45, 7) is 5.62. The van der Waals surface area contributed by atoms with Gasteiger partial charge in [0.2, 0.25) is 11.8 Å². The number of rotatable bonds is 7. The molecule has 2 aliphatic rings. The van der Waals surface area contributed by atoms with Crippen LogP contribution in [0.3, 0.4) is 0 Å². The third-order valence-electron chi connectivity index (χ3n) is 5.98. The standard InChI is InChI=1S/C22H29Cl2N3O3/c1-16-22(30)26(11-3-10-25-9-2-4-18(25)15-28)12-13-27(16)21(29)8-6-17-5-7-19(23)20(24)14-17/h5-8,14,16,18,28H,2-4,9-13,15H2,1H3/b8-6+/t16?,18-/m0/s1. The van der Waals surface area contributed by atoms with Crippen molar-refractivity contribution in [2.45, 2.75) is 38.3 Å². The highest BCUT2D eigenvalue weighted by molar-refractivity contribution is 6.42. The predicted octanol–water partition coefficient (Wildman–Crippen LogP) is 2.91. The van der Waals surface area contributed by atoms with Gasteiger partial charge in [0, 0.05) is 38.3 Å². The highest BCUT2D eigenvalue weighted by Gasteiger charge is 2.33. The minimum absolute atomic E-state index is 0.0160. The normalized spacial score (nSPS) is 23.0. The number of likely N-dealkylation sites (tertiary alicyclic amines) is 1. The van der Waals surface area contributed by atoms with Crippen molar-refractivity contribution in [3.63, 3.8) is 0 Å². The molecule has 3 rings (SSSR count). The van der Waals surface area contributed by atoms with E-state index in [9.17, 15) is 14.7 Å². The van der Waals surface area contributed by atoms with Gasteiger partial charge in [-0.1, -0.05) is 29.3 Å². The number of halogens is 2. The monoisotopic (exact) mass is 453 g/mol. The molecule has 0 saturated carbocycles. The van der Waals surface area contributed by atoms with E-state index >= 15 is 0 Å². The Hall–Kier alpha value is -1.60. The van der Waals surface area contributed by atoms with Gasteiger partial charge in [-0.3, -0.25) is 14.5 Å². The number of aliphatic hydroxyl groups is 1. The fourth-order valence-corrected chi connectivity index (χ4v) is 4.50. The molecule has 0 radical (unpaired) electrons. The van der Waals surface area contributed by atoms with Crippen LogP contribution < -0.4 is 0 Å². The lowest BCUT2D eigenvalue weighted by Crippen LogP contribution is -2.57. The van der Waals surface area contributed by atoms with Crippen LogP contribution in [0, 0.1) is 0 Å². The number of nitrogens with zero attached hydrogens (tertiary/aromatic N) is 3. The van der Waals surface area contributed by atoms with Crippen molar-refractivity contribution in [3.8, 4) is 0 Å². The van der Waals surface area contributed by atoms with Gasteiger partial charge in [0.25, 0.3) is 0 Å². The summed E-state index contributed by atoms with van der Waals surface area (Å²) in [6.07, 6.45) is 6.20. The van der Waals surface area contributed by atoms with Crippen LogP contribution in [-0.4, -0.2) is 83.0 Å². The van der Waals surface area contributed by atoms with E-state index in [1.54, 1.807) is 36.1 Å². The first-order valence-corrected chi connectivity index (χ1v) is 11.2. The number of hydrogen-bond donors (Lipinski definition) is 1. The Kier molecular flexibility index (Phi) is 8.17. The maximum absolute atomic E-state index is 12.8. The fraction of sp³-hybridized carbons (Fsp3) is 0.545. The molecular weight excluding hydrogens is 425 g/mol. The number of amides is 2. The minimum Gasteiger partial charge on any atom is -0.395 e. The van der Waals surface area contributed by atoms with Crippen molar-refractivity contribution in [2.24, 2.45) is 0 Å². The average Bonchev–Trinajstić information content (AvgIpc) is 3.19. The summed E-state index contributed by atoms with van der Waals surface area (Å²) in [5.74, 6) is -0.206. The van der Waals surface area contributed by atoms with Crippen LogP contribution in [0.1, 0.15) is 31.7 Å². The summed E-state index contributed by atoms with van der Waals surface area (Å²) in [5.41, 5.74) is 0.776. The quantitative estimate of drug-likeness (QED) is 0.644. The Bertz CT molecular complexity index is 802. The summed E-state index contributed by atoms with van der Waals surface area (Å²) in [5, 5.41) is 10.3. The molecule has 2 fully saturated rings. The van der Waals surface area contributed by atoms with E-state index in [-0.39, 0.29) is 24.5 Å². The van der Waals surface area contributed by atoms with Crippen molar-refractivity contribution < 1.29 is 14.7 Å². The van der Waals surface area contributed by atoms with E-state index in [1.165, 1.54) is 6.08 Å². The molecule has 0 bridgehead atoms. The summed E-state index contributed by atoms with van der Waals surface area (Å²) < 4.78 is 0. The van der Waals surface area contributed by atoms with E-state index in [0.717, 1.165) is 37.9 Å². The second-order valence-electron chi connectivity index (χ2n) is 7.91. The number of carbonyl (C=O) groups excluding carboxylic acids is 2. The minimum atomic E-state index is -0.485. The van der Waals surface area contributed by atoms with Crippen molar-refractivity contribution in [2.75, 3.05) is 39.3 Å². The molecule has 8 heteroatoms. The van der Waals surface area contributed by atoms with Gasteiger partial charge in [-0.05, 0) is 56.5 Å². The van der Waals surface area contributed by atoms with E-state index in [2.05, 4.69) is 4.90 Å². The molecule has 1 aromatic carbocycles. The van der Waals surface area contributed by atoms with Gasteiger partial charge in [0.15, 0.2) is 0 Å². The van der Waals surface area contributed by atoms with Crippen LogP contribution in [0.2, 0.25) is 10.0 Å². The van der Waals surface area contributed by atoms with Gasteiger partial charge in [0.1, 0.15) is 6.04 Å². The van der Waals surface area contributed by atoms with Crippen LogP contribution in [-0.2, 0) is 9.59 Å². The van der Waals surface area contributed by atoms with E-state index in [1.807, 2.05) is 4.90 Å². The van der Waals surface area contributed by atoms with Crippen molar-refractivity contribution in [1.29, 1.82) is 0 Å². The Morgan fingerprint density at radius 1 is 1.20 bits per heavy atom. The Balaban J connectivity index is 1.50. The van der Waals surface area contributed by atoms with Gasteiger partial charge in [0.05, 0.1) is 16.7 Å². The largest absolute Gasteiger partial charge is 0.395 e. The van der Waals surface area contributed by atoms with Crippen molar-refractivity contribution >= 4 is 41.1 Å². The topological polar surface area (TPSA) is 64.1 Å². The average molecular weight is 454 g/mol.